The number of fused-ring (bicyclic) bond motifs is 1. The van der Waals surface area contributed by atoms with E-state index < -0.39 is 0 Å². The normalized spacial score (nSPS) is 23.1. The first kappa shape index (κ1) is 16.9. The average Bonchev–Trinajstić information content (AvgIpc) is 2.96. The first-order valence-electron chi connectivity index (χ1n) is 8.65. The van der Waals surface area contributed by atoms with Crippen molar-refractivity contribution in [3.8, 4) is 0 Å². The zero-order valence-corrected chi connectivity index (χ0v) is 15.5. The van der Waals surface area contributed by atoms with Crippen LogP contribution >= 0.6 is 0 Å². The van der Waals surface area contributed by atoms with Gasteiger partial charge in [0.1, 0.15) is 0 Å². The van der Waals surface area contributed by atoms with Crippen molar-refractivity contribution in [3.05, 3.63) is 47.5 Å². The van der Waals surface area contributed by atoms with Crippen LogP contribution in [-0.2, 0) is 15.0 Å². The van der Waals surface area contributed by atoms with Gasteiger partial charge in [-0.2, -0.15) is 0 Å². The van der Waals surface area contributed by atoms with Crippen molar-refractivity contribution in [1.82, 2.24) is 4.90 Å². The van der Waals surface area contributed by atoms with Crippen LogP contribution in [0.2, 0.25) is 0 Å². The first-order valence-corrected chi connectivity index (χ1v) is 8.65. The number of nitrogens with zero attached hydrogens (tertiary/aromatic N) is 1. The molecule has 1 aliphatic heterocycles. The molecule has 1 aromatic carbocycles. The molecule has 3 nitrogen and oxygen atoms in total. The lowest BCUT2D eigenvalue weighted by Gasteiger charge is -2.52. The summed E-state index contributed by atoms with van der Waals surface area (Å²) < 4.78 is 0. The van der Waals surface area contributed by atoms with Crippen molar-refractivity contribution in [1.29, 1.82) is 0 Å². The SMILES string of the molecule is CC(C)(C)C1(C(C)(C)C)C[C@H](N2C(=O)C=CC2=O)c2ccccc21. The summed E-state index contributed by atoms with van der Waals surface area (Å²) in [5.41, 5.74) is 2.27. The number of hydrogen-bond donors (Lipinski definition) is 0. The summed E-state index contributed by atoms with van der Waals surface area (Å²) in [6.07, 6.45) is 3.55. The molecule has 1 aliphatic carbocycles. The summed E-state index contributed by atoms with van der Waals surface area (Å²) in [5, 5.41) is 0. The predicted octanol–water partition coefficient (Wildman–Crippen LogP) is 4.39. The van der Waals surface area contributed by atoms with Gasteiger partial charge in [-0.1, -0.05) is 65.8 Å². The maximum absolute atomic E-state index is 12.3. The van der Waals surface area contributed by atoms with Crippen molar-refractivity contribution in [2.24, 2.45) is 10.8 Å². The van der Waals surface area contributed by atoms with Gasteiger partial charge < -0.3 is 0 Å². The fourth-order valence-electron chi connectivity index (χ4n) is 5.18. The molecule has 2 aliphatic rings. The van der Waals surface area contributed by atoms with Gasteiger partial charge >= 0.3 is 0 Å². The highest BCUT2D eigenvalue weighted by molar-refractivity contribution is 6.13. The van der Waals surface area contributed by atoms with Crippen molar-refractivity contribution >= 4 is 11.8 Å². The molecular weight excluding hydrogens is 298 g/mol. The van der Waals surface area contributed by atoms with Crippen molar-refractivity contribution in [2.75, 3.05) is 0 Å². The Kier molecular flexibility index (Phi) is 3.56. The third-order valence-corrected chi connectivity index (χ3v) is 5.99. The quantitative estimate of drug-likeness (QED) is 0.718. The summed E-state index contributed by atoms with van der Waals surface area (Å²) in [7, 11) is 0. The third-order valence-electron chi connectivity index (χ3n) is 5.99. The Morgan fingerprint density at radius 1 is 0.917 bits per heavy atom. The van der Waals surface area contributed by atoms with Gasteiger partial charge in [0.05, 0.1) is 6.04 Å². The summed E-state index contributed by atoms with van der Waals surface area (Å²) in [4.78, 5) is 26.1. The molecule has 0 spiro atoms. The molecule has 24 heavy (non-hydrogen) atoms. The molecule has 2 amide bonds. The van der Waals surface area contributed by atoms with Gasteiger partial charge in [0, 0.05) is 17.6 Å². The molecule has 0 bridgehead atoms. The molecule has 1 atom stereocenters. The van der Waals surface area contributed by atoms with Crippen LogP contribution in [0.1, 0.15) is 65.1 Å². The van der Waals surface area contributed by atoms with Gasteiger partial charge in [-0.15, -0.1) is 0 Å². The van der Waals surface area contributed by atoms with E-state index in [0.29, 0.717) is 0 Å². The number of hydrogen-bond acceptors (Lipinski definition) is 2. The molecule has 1 aromatic rings. The Bertz CT molecular complexity index is 699. The molecule has 1 heterocycles. The number of imide groups is 1. The Balaban J connectivity index is 2.23. The minimum atomic E-state index is -0.196. The molecule has 0 fully saturated rings. The monoisotopic (exact) mass is 325 g/mol. The molecule has 0 aromatic heterocycles. The maximum Gasteiger partial charge on any atom is 0.254 e. The van der Waals surface area contributed by atoms with E-state index in [9.17, 15) is 9.59 Å². The molecule has 0 saturated heterocycles. The topological polar surface area (TPSA) is 37.4 Å². The molecule has 0 N–H and O–H groups in total. The van der Waals surface area contributed by atoms with Crippen LogP contribution in [-0.4, -0.2) is 16.7 Å². The molecule has 3 heteroatoms. The number of amides is 2. The zero-order valence-electron chi connectivity index (χ0n) is 15.5. The fraction of sp³-hybridized carbons (Fsp3) is 0.524. The Morgan fingerprint density at radius 2 is 1.42 bits per heavy atom. The summed E-state index contributed by atoms with van der Waals surface area (Å²) in [6.45, 7) is 13.6. The van der Waals surface area contributed by atoms with Gasteiger partial charge in [-0.25, -0.2) is 0 Å². The van der Waals surface area contributed by atoms with Crippen LogP contribution in [0.25, 0.3) is 0 Å². The Hall–Kier alpha value is -1.90. The molecule has 128 valence electrons. The fourth-order valence-corrected chi connectivity index (χ4v) is 5.18. The van der Waals surface area contributed by atoms with E-state index in [2.05, 4.69) is 59.7 Å². The van der Waals surface area contributed by atoms with Crippen LogP contribution in [0.3, 0.4) is 0 Å². The minimum Gasteiger partial charge on any atom is -0.269 e. The van der Waals surface area contributed by atoms with E-state index in [1.165, 1.54) is 22.6 Å². The van der Waals surface area contributed by atoms with Crippen LogP contribution in [0.5, 0.6) is 0 Å². The smallest absolute Gasteiger partial charge is 0.254 e. The summed E-state index contributed by atoms with van der Waals surface area (Å²) in [5.74, 6) is -0.392. The number of carbonyl (C=O) groups excluding carboxylic acids is 2. The lowest BCUT2D eigenvalue weighted by molar-refractivity contribution is -0.140. The number of benzene rings is 1. The van der Waals surface area contributed by atoms with Crippen LogP contribution in [0.15, 0.2) is 36.4 Å². The molecule has 0 saturated carbocycles. The second kappa shape index (κ2) is 5.05. The standard InChI is InChI=1S/C21H27NO2/c1-19(2,3)21(20(4,5)6)13-16(14-9-7-8-10-15(14)21)22-17(23)11-12-18(22)24/h7-12,16H,13H2,1-6H3/t16-/m0/s1. The average molecular weight is 325 g/mol. The Labute approximate surface area is 144 Å². The second-order valence-corrected chi connectivity index (χ2v) is 9.09. The highest BCUT2D eigenvalue weighted by Crippen LogP contribution is 2.63. The largest absolute Gasteiger partial charge is 0.269 e. The zero-order chi connectivity index (χ0) is 17.9. The predicted molar refractivity (Wildman–Crippen MR) is 95.4 cm³/mol. The molecule has 3 rings (SSSR count). The highest BCUT2D eigenvalue weighted by Gasteiger charge is 2.59. The minimum absolute atomic E-state index is 0.00461. The van der Waals surface area contributed by atoms with E-state index in [1.54, 1.807) is 0 Å². The van der Waals surface area contributed by atoms with Crippen LogP contribution in [0, 0.1) is 10.8 Å². The third kappa shape index (κ3) is 2.10. The number of rotatable bonds is 1. The van der Waals surface area contributed by atoms with E-state index in [1.807, 2.05) is 6.07 Å². The van der Waals surface area contributed by atoms with Crippen molar-refractivity contribution in [3.63, 3.8) is 0 Å². The lowest BCUT2D eigenvalue weighted by atomic mass is 9.51. The first-order chi connectivity index (χ1) is 11.0. The highest BCUT2D eigenvalue weighted by atomic mass is 16.2. The van der Waals surface area contributed by atoms with Gasteiger partial charge in [0.25, 0.3) is 11.8 Å². The van der Waals surface area contributed by atoms with E-state index in [0.717, 1.165) is 12.0 Å². The van der Waals surface area contributed by atoms with E-state index in [-0.39, 0.29) is 34.1 Å². The summed E-state index contributed by atoms with van der Waals surface area (Å²) in [6, 6.07) is 8.16. The molecule has 0 unspecified atom stereocenters. The van der Waals surface area contributed by atoms with Crippen molar-refractivity contribution < 1.29 is 9.59 Å². The van der Waals surface area contributed by atoms with Crippen molar-refractivity contribution in [2.45, 2.75) is 59.4 Å². The van der Waals surface area contributed by atoms with Gasteiger partial charge in [-0.05, 0) is 28.4 Å². The van der Waals surface area contributed by atoms with E-state index in [4.69, 9.17) is 0 Å². The van der Waals surface area contributed by atoms with Gasteiger partial charge in [0.2, 0.25) is 0 Å². The number of carbonyl (C=O) groups is 2. The van der Waals surface area contributed by atoms with Gasteiger partial charge in [0.15, 0.2) is 0 Å². The lowest BCUT2D eigenvalue weighted by Crippen LogP contribution is -2.49. The van der Waals surface area contributed by atoms with Crippen LogP contribution < -0.4 is 0 Å². The summed E-state index contributed by atoms with van der Waals surface area (Å²) >= 11 is 0. The molecular formula is C21H27NO2. The van der Waals surface area contributed by atoms with E-state index >= 15 is 0 Å². The van der Waals surface area contributed by atoms with Crippen LogP contribution in [0.4, 0.5) is 0 Å². The maximum atomic E-state index is 12.3. The second-order valence-electron chi connectivity index (χ2n) is 9.09. The molecule has 0 radical (unpaired) electrons. The van der Waals surface area contributed by atoms with Gasteiger partial charge in [-0.3, -0.25) is 14.5 Å². The Morgan fingerprint density at radius 3 is 1.92 bits per heavy atom.